The number of carbonyl (C=O) groups excluding carboxylic acids is 2. The smallest absolute Gasteiger partial charge is 0.341 e. The number of nitrogens with zero attached hydrogens (tertiary/aromatic N) is 3. The molecule has 2 aliphatic rings. The Hall–Kier alpha value is -2.29. The van der Waals surface area contributed by atoms with Crippen LogP contribution in [0.5, 0.6) is 0 Å². The molecule has 2 aromatic rings. The molecule has 3 heterocycles. The Morgan fingerprint density at radius 1 is 1.22 bits per heavy atom. The van der Waals surface area contributed by atoms with E-state index in [1.807, 2.05) is 31.3 Å². The monoisotopic (exact) mass is 456 g/mol. The van der Waals surface area contributed by atoms with Crippen LogP contribution in [0.4, 0.5) is 5.00 Å². The van der Waals surface area contributed by atoms with Gasteiger partial charge in [0.2, 0.25) is 5.91 Å². The molecule has 7 nitrogen and oxygen atoms in total. The van der Waals surface area contributed by atoms with Gasteiger partial charge in [-0.1, -0.05) is 13.0 Å². The summed E-state index contributed by atoms with van der Waals surface area (Å²) in [5.41, 5.74) is 2.72. The van der Waals surface area contributed by atoms with Gasteiger partial charge < -0.3 is 10.1 Å². The summed E-state index contributed by atoms with van der Waals surface area (Å²) < 4.78 is 5.31. The maximum atomic E-state index is 12.8. The van der Waals surface area contributed by atoms with Crippen LogP contribution in [0.2, 0.25) is 0 Å². The van der Waals surface area contributed by atoms with Gasteiger partial charge in [-0.2, -0.15) is 0 Å². The normalized spacial score (nSPS) is 19.4. The van der Waals surface area contributed by atoms with Crippen molar-refractivity contribution in [3.63, 3.8) is 0 Å². The number of ether oxygens (including phenoxy) is 1. The van der Waals surface area contributed by atoms with Crippen LogP contribution in [-0.4, -0.2) is 66.0 Å². The molecular weight excluding hydrogens is 424 g/mol. The molecule has 0 aromatic carbocycles. The van der Waals surface area contributed by atoms with E-state index in [0.29, 0.717) is 29.6 Å². The van der Waals surface area contributed by atoms with Crippen LogP contribution in [0.15, 0.2) is 24.4 Å². The third-order valence-electron chi connectivity index (χ3n) is 6.19. The lowest BCUT2D eigenvalue weighted by Crippen LogP contribution is -2.48. The molecule has 1 N–H and O–H groups in total. The summed E-state index contributed by atoms with van der Waals surface area (Å²) in [5, 5.41) is 3.69. The van der Waals surface area contributed by atoms with Gasteiger partial charge >= 0.3 is 5.97 Å². The summed E-state index contributed by atoms with van der Waals surface area (Å²) in [4.78, 5) is 35.6. The minimum atomic E-state index is -0.321. The van der Waals surface area contributed by atoms with Gasteiger partial charge in [-0.05, 0) is 49.8 Å². The molecule has 2 aromatic heterocycles. The number of anilines is 1. The highest BCUT2D eigenvalue weighted by Gasteiger charge is 2.29. The molecule has 1 unspecified atom stereocenters. The van der Waals surface area contributed by atoms with Crippen LogP contribution in [-0.2, 0) is 28.9 Å². The van der Waals surface area contributed by atoms with E-state index in [1.54, 1.807) is 11.3 Å². The number of amides is 1. The molecule has 1 aliphatic carbocycles. The zero-order valence-electron chi connectivity index (χ0n) is 18.9. The summed E-state index contributed by atoms with van der Waals surface area (Å²) in [6.07, 6.45) is 4.71. The molecular formula is C24H32N4O3S. The van der Waals surface area contributed by atoms with Crippen LogP contribution in [0.1, 0.15) is 46.8 Å². The van der Waals surface area contributed by atoms with Gasteiger partial charge in [-0.15, -0.1) is 11.3 Å². The number of nitrogens with one attached hydrogen (secondary N) is 1. The number of fused-ring (bicyclic) bond motifs is 1. The lowest BCUT2D eigenvalue weighted by atomic mass is 9.88. The van der Waals surface area contributed by atoms with E-state index in [9.17, 15) is 9.59 Å². The van der Waals surface area contributed by atoms with Crippen LogP contribution < -0.4 is 5.32 Å². The van der Waals surface area contributed by atoms with E-state index in [4.69, 9.17) is 4.74 Å². The number of aromatic nitrogens is 1. The Bertz CT molecular complexity index is 938. The predicted molar refractivity (Wildman–Crippen MR) is 126 cm³/mol. The predicted octanol–water partition coefficient (Wildman–Crippen LogP) is 3.20. The average molecular weight is 457 g/mol. The molecule has 8 heteroatoms. The highest BCUT2D eigenvalue weighted by Crippen LogP contribution is 2.40. The summed E-state index contributed by atoms with van der Waals surface area (Å²) >= 11 is 1.55. The summed E-state index contributed by atoms with van der Waals surface area (Å²) in [6, 6.07) is 5.98. The third kappa shape index (κ3) is 5.54. The first-order valence-corrected chi connectivity index (χ1v) is 12.3. The molecule has 0 bridgehead atoms. The Kier molecular flexibility index (Phi) is 7.55. The zero-order valence-corrected chi connectivity index (χ0v) is 19.7. The maximum absolute atomic E-state index is 12.8. The Morgan fingerprint density at radius 3 is 2.72 bits per heavy atom. The number of hydrogen-bond donors (Lipinski definition) is 1. The van der Waals surface area contributed by atoms with Crippen molar-refractivity contribution in [2.24, 2.45) is 5.92 Å². The van der Waals surface area contributed by atoms with E-state index in [2.05, 4.69) is 27.0 Å². The topological polar surface area (TPSA) is 74.8 Å². The van der Waals surface area contributed by atoms with Gasteiger partial charge in [0.15, 0.2) is 0 Å². The number of hydrogen-bond acceptors (Lipinski definition) is 7. The van der Waals surface area contributed by atoms with Crippen molar-refractivity contribution in [1.29, 1.82) is 0 Å². The number of esters is 1. The van der Waals surface area contributed by atoms with Crippen molar-refractivity contribution in [3.8, 4) is 0 Å². The van der Waals surface area contributed by atoms with Gasteiger partial charge in [-0.25, -0.2) is 4.79 Å². The quantitative estimate of drug-likeness (QED) is 0.645. The highest BCUT2D eigenvalue weighted by atomic mass is 32.1. The number of pyridine rings is 1. The van der Waals surface area contributed by atoms with E-state index in [-0.39, 0.29) is 11.9 Å². The van der Waals surface area contributed by atoms with Gasteiger partial charge in [-0.3, -0.25) is 19.6 Å². The highest BCUT2D eigenvalue weighted by molar-refractivity contribution is 7.17. The molecule has 0 saturated carbocycles. The first-order valence-electron chi connectivity index (χ1n) is 11.5. The molecule has 0 spiro atoms. The van der Waals surface area contributed by atoms with Crippen molar-refractivity contribution in [2.45, 2.75) is 39.7 Å². The molecule has 1 atom stereocenters. The van der Waals surface area contributed by atoms with Gasteiger partial charge in [0.05, 0.1) is 24.4 Å². The van der Waals surface area contributed by atoms with E-state index in [1.165, 1.54) is 4.88 Å². The first kappa shape index (κ1) is 22.9. The number of thiophene rings is 1. The maximum Gasteiger partial charge on any atom is 0.341 e. The standard InChI is InChI=1S/C24H32N4O3S/c1-3-31-24(30)22-19-8-7-17(2)14-20(19)32-23(22)26-21(29)16-28-12-10-27(11-13-28)15-18-6-4-5-9-25-18/h4-6,9,17H,3,7-8,10-16H2,1-2H3,(H,26,29). The molecule has 172 valence electrons. The van der Waals surface area contributed by atoms with Crippen LogP contribution in [0, 0.1) is 5.92 Å². The van der Waals surface area contributed by atoms with E-state index in [0.717, 1.165) is 63.2 Å². The lowest BCUT2D eigenvalue weighted by Gasteiger charge is -2.34. The summed E-state index contributed by atoms with van der Waals surface area (Å²) in [5.74, 6) is 0.209. The first-order chi connectivity index (χ1) is 15.5. The number of rotatable bonds is 7. The Balaban J connectivity index is 1.35. The second kappa shape index (κ2) is 10.6. The largest absolute Gasteiger partial charge is 0.462 e. The zero-order chi connectivity index (χ0) is 22.5. The van der Waals surface area contributed by atoms with Crippen molar-refractivity contribution >= 4 is 28.2 Å². The molecule has 32 heavy (non-hydrogen) atoms. The lowest BCUT2D eigenvalue weighted by molar-refractivity contribution is -0.117. The van der Waals surface area contributed by atoms with Crippen LogP contribution in [0.25, 0.3) is 0 Å². The molecule has 0 radical (unpaired) electrons. The van der Waals surface area contributed by atoms with Crippen LogP contribution in [0.3, 0.4) is 0 Å². The van der Waals surface area contributed by atoms with E-state index < -0.39 is 0 Å². The molecule has 1 saturated heterocycles. The van der Waals surface area contributed by atoms with Gasteiger partial charge in [0.25, 0.3) is 0 Å². The van der Waals surface area contributed by atoms with E-state index >= 15 is 0 Å². The van der Waals surface area contributed by atoms with Gasteiger partial charge in [0.1, 0.15) is 5.00 Å². The fourth-order valence-corrected chi connectivity index (χ4v) is 5.87. The fraction of sp³-hybridized carbons (Fsp3) is 0.542. The minimum Gasteiger partial charge on any atom is -0.462 e. The molecule has 4 rings (SSSR count). The second-order valence-electron chi connectivity index (χ2n) is 8.70. The minimum absolute atomic E-state index is 0.0691. The van der Waals surface area contributed by atoms with Gasteiger partial charge in [0, 0.05) is 43.8 Å². The second-order valence-corrected chi connectivity index (χ2v) is 9.80. The molecule has 1 fully saturated rings. The fourth-order valence-electron chi connectivity index (χ4n) is 4.45. The average Bonchev–Trinajstić information content (AvgIpc) is 3.12. The third-order valence-corrected chi connectivity index (χ3v) is 7.36. The van der Waals surface area contributed by atoms with Crippen LogP contribution >= 0.6 is 11.3 Å². The van der Waals surface area contributed by atoms with Crippen molar-refractivity contribution in [3.05, 3.63) is 46.1 Å². The molecule has 1 aliphatic heterocycles. The molecule has 1 amide bonds. The Morgan fingerprint density at radius 2 is 2.00 bits per heavy atom. The van der Waals surface area contributed by atoms with Crippen molar-refractivity contribution in [2.75, 3.05) is 44.6 Å². The summed E-state index contributed by atoms with van der Waals surface area (Å²) in [7, 11) is 0. The Labute approximate surface area is 193 Å². The summed E-state index contributed by atoms with van der Waals surface area (Å²) in [6.45, 7) is 9.03. The number of piperazine rings is 1. The van der Waals surface area contributed by atoms with Crippen molar-refractivity contribution in [1.82, 2.24) is 14.8 Å². The van der Waals surface area contributed by atoms with Crippen molar-refractivity contribution < 1.29 is 14.3 Å². The SMILES string of the molecule is CCOC(=O)c1c(NC(=O)CN2CCN(Cc3ccccn3)CC2)sc2c1CCC(C)C2. The number of carbonyl (C=O) groups is 2.